The summed E-state index contributed by atoms with van der Waals surface area (Å²) < 4.78 is 16.0. The maximum atomic E-state index is 12.9. The van der Waals surface area contributed by atoms with Crippen molar-refractivity contribution in [1.82, 2.24) is 30.2 Å². The van der Waals surface area contributed by atoms with Crippen molar-refractivity contribution in [2.45, 2.75) is 31.7 Å². The second-order valence-corrected chi connectivity index (χ2v) is 6.70. The summed E-state index contributed by atoms with van der Waals surface area (Å²) >= 11 is 0. The first kappa shape index (κ1) is 18.9. The van der Waals surface area contributed by atoms with E-state index in [1.807, 2.05) is 23.1 Å². The van der Waals surface area contributed by atoms with E-state index >= 15 is 0 Å². The van der Waals surface area contributed by atoms with Crippen molar-refractivity contribution < 1.29 is 18.8 Å². The number of nitrogens with zero attached hydrogens (tertiary/aromatic N) is 5. The van der Waals surface area contributed by atoms with E-state index in [0.29, 0.717) is 30.5 Å². The number of methoxy groups -OCH3 is 2. The lowest BCUT2D eigenvalue weighted by Crippen LogP contribution is -2.31. The second kappa shape index (κ2) is 8.29. The molecule has 0 spiro atoms. The van der Waals surface area contributed by atoms with Crippen LogP contribution < -0.4 is 9.47 Å². The van der Waals surface area contributed by atoms with Gasteiger partial charge in [0.2, 0.25) is 17.6 Å². The molecule has 3 heterocycles. The molecule has 152 valence electrons. The molecule has 1 aliphatic heterocycles. The summed E-state index contributed by atoms with van der Waals surface area (Å²) in [5, 5.41) is 10.3. The summed E-state index contributed by atoms with van der Waals surface area (Å²) in [6.07, 6.45) is 3.86. The number of carbonyl (C=O) groups excluding carboxylic acids is 1. The molecule has 0 saturated carbocycles. The summed E-state index contributed by atoms with van der Waals surface area (Å²) in [5.74, 6) is 2.64. The highest BCUT2D eigenvalue weighted by Gasteiger charge is 2.32. The highest BCUT2D eigenvalue weighted by molar-refractivity contribution is 5.77. The molecule has 29 heavy (non-hydrogen) atoms. The topological polar surface area (TPSA) is 119 Å². The van der Waals surface area contributed by atoms with Crippen molar-refractivity contribution >= 4 is 5.91 Å². The Bertz CT molecular complexity index is 971. The van der Waals surface area contributed by atoms with Crippen molar-refractivity contribution in [3.63, 3.8) is 0 Å². The number of nitrogens with one attached hydrogen (secondary N) is 1. The zero-order chi connectivity index (χ0) is 20.2. The molecular formula is C19H22N6O4. The quantitative estimate of drug-likeness (QED) is 0.643. The number of rotatable bonds is 7. The maximum absolute atomic E-state index is 12.9. The predicted molar refractivity (Wildman–Crippen MR) is 101 cm³/mol. The van der Waals surface area contributed by atoms with E-state index in [2.05, 4.69) is 25.3 Å². The van der Waals surface area contributed by atoms with Crippen LogP contribution in [0.3, 0.4) is 0 Å². The molecule has 1 fully saturated rings. The number of carbonyl (C=O) groups is 1. The number of aromatic nitrogens is 5. The van der Waals surface area contributed by atoms with Gasteiger partial charge < -0.3 is 18.9 Å². The van der Waals surface area contributed by atoms with Crippen LogP contribution in [0.4, 0.5) is 0 Å². The van der Waals surface area contributed by atoms with E-state index in [0.717, 1.165) is 29.9 Å². The van der Waals surface area contributed by atoms with Gasteiger partial charge in [-0.15, -0.1) is 0 Å². The summed E-state index contributed by atoms with van der Waals surface area (Å²) in [7, 11) is 3.24. The molecular weight excluding hydrogens is 376 g/mol. The van der Waals surface area contributed by atoms with Crippen LogP contribution in [0.15, 0.2) is 29.0 Å². The molecule has 2 aromatic heterocycles. The molecule has 0 radical (unpaired) electrons. The molecule has 1 amide bonds. The SMILES string of the molecule is COc1ccc(C2CCCN2C(=O)CCc2nc(-c3ncn[nH]3)no2)c(OC)c1. The minimum absolute atomic E-state index is 0.0178. The Morgan fingerprint density at radius 3 is 3.00 bits per heavy atom. The van der Waals surface area contributed by atoms with Gasteiger partial charge in [0.05, 0.1) is 20.3 Å². The van der Waals surface area contributed by atoms with Crippen molar-refractivity contribution in [2.75, 3.05) is 20.8 Å². The number of aromatic amines is 1. The van der Waals surface area contributed by atoms with E-state index in [4.69, 9.17) is 14.0 Å². The minimum Gasteiger partial charge on any atom is -0.497 e. The third-order valence-corrected chi connectivity index (χ3v) is 5.02. The molecule has 1 atom stereocenters. The zero-order valence-corrected chi connectivity index (χ0v) is 16.3. The number of hydrogen-bond acceptors (Lipinski definition) is 8. The molecule has 4 rings (SSSR count). The molecule has 10 heteroatoms. The van der Waals surface area contributed by atoms with Crippen molar-refractivity contribution in [3.8, 4) is 23.1 Å². The summed E-state index contributed by atoms with van der Waals surface area (Å²) in [4.78, 5) is 23.0. The number of hydrogen-bond donors (Lipinski definition) is 1. The van der Waals surface area contributed by atoms with Gasteiger partial charge in [0.25, 0.3) is 0 Å². The molecule has 1 aliphatic rings. The molecule has 3 aromatic rings. The Labute approximate surface area is 167 Å². The first-order chi connectivity index (χ1) is 14.2. The number of benzene rings is 1. The average molecular weight is 398 g/mol. The van der Waals surface area contributed by atoms with Crippen LogP contribution in [0, 0.1) is 0 Å². The molecule has 0 bridgehead atoms. The third-order valence-electron chi connectivity index (χ3n) is 5.02. The number of H-pyrrole nitrogens is 1. The van der Waals surface area contributed by atoms with Crippen LogP contribution in [-0.2, 0) is 11.2 Å². The first-order valence-corrected chi connectivity index (χ1v) is 9.39. The fourth-order valence-corrected chi connectivity index (χ4v) is 3.61. The largest absolute Gasteiger partial charge is 0.497 e. The lowest BCUT2D eigenvalue weighted by molar-refractivity contribution is -0.132. The van der Waals surface area contributed by atoms with E-state index in [9.17, 15) is 4.79 Å². The van der Waals surface area contributed by atoms with Crippen LogP contribution in [0.1, 0.15) is 36.8 Å². The Hall–Kier alpha value is -3.43. The lowest BCUT2D eigenvalue weighted by atomic mass is 10.0. The predicted octanol–water partition coefficient (Wildman–Crippen LogP) is 2.17. The number of likely N-dealkylation sites (tertiary alicyclic amines) is 1. The normalized spacial score (nSPS) is 16.2. The van der Waals surface area contributed by atoms with Gasteiger partial charge in [0.15, 0.2) is 5.82 Å². The van der Waals surface area contributed by atoms with Crippen LogP contribution in [0.25, 0.3) is 11.6 Å². The van der Waals surface area contributed by atoms with Gasteiger partial charge in [-0.05, 0) is 25.0 Å². The fourth-order valence-electron chi connectivity index (χ4n) is 3.61. The summed E-state index contributed by atoms with van der Waals surface area (Å²) in [6, 6.07) is 5.69. The maximum Gasteiger partial charge on any atom is 0.239 e. The van der Waals surface area contributed by atoms with Gasteiger partial charge in [-0.2, -0.15) is 10.1 Å². The van der Waals surface area contributed by atoms with Gasteiger partial charge in [-0.3, -0.25) is 9.89 Å². The van der Waals surface area contributed by atoms with Crippen molar-refractivity contribution in [1.29, 1.82) is 0 Å². The van der Waals surface area contributed by atoms with Crippen molar-refractivity contribution in [2.24, 2.45) is 0 Å². The molecule has 0 aliphatic carbocycles. The van der Waals surface area contributed by atoms with Crippen molar-refractivity contribution in [3.05, 3.63) is 36.0 Å². The highest BCUT2D eigenvalue weighted by atomic mass is 16.5. The van der Waals surface area contributed by atoms with Crippen LogP contribution in [-0.4, -0.2) is 56.9 Å². The van der Waals surface area contributed by atoms with E-state index in [1.165, 1.54) is 6.33 Å². The van der Waals surface area contributed by atoms with Gasteiger partial charge in [-0.25, -0.2) is 4.98 Å². The Morgan fingerprint density at radius 1 is 1.34 bits per heavy atom. The van der Waals surface area contributed by atoms with E-state index < -0.39 is 0 Å². The van der Waals surface area contributed by atoms with E-state index in [-0.39, 0.29) is 18.4 Å². The fraction of sp³-hybridized carbons (Fsp3) is 0.421. The molecule has 1 saturated heterocycles. The number of amides is 1. The van der Waals surface area contributed by atoms with Gasteiger partial charge in [0, 0.05) is 31.0 Å². The summed E-state index contributed by atoms with van der Waals surface area (Å²) in [5.41, 5.74) is 0.990. The average Bonchev–Trinajstić information content (AvgIpc) is 3.52. The Balaban J connectivity index is 1.43. The Morgan fingerprint density at radius 2 is 2.24 bits per heavy atom. The monoisotopic (exact) mass is 398 g/mol. The molecule has 1 N–H and O–H groups in total. The summed E-state index contributed by atoms with van der Waals surface area (Å²) in [6.45, 7) is 0.714. The highest BCUT2D eigenvalue weighted by Crippen LogP contribution is 2.39. The lowest BCUT2D eigenvalue weighted by Gasteiger charge is -2.26. The molecule has 1 aromatic carbocycles. The first-order valence-electron chi connectivity index (χ1n) is 9.39. The van der Waals surface area contributed by atoms with E-state index in [1.54, 1.807) is 14.2 Å². The number of ether oxygens (including phenoxy) is 2. The third kappa shape index (κ3) is 3.91. The molecule has 1 unspecified atom stereocenters. The van der Waals surface area contributed by atoms with Crippen LogP contribution in [0.5, 0.6) is 11.5 Å². The van der Waals surface area contributed by atoms with Crippen LogP contribution in [0.2, 0.25) is 0 Å². The molecule has 10 nitrogen and oxygen atoms in total. The second-order valence-electron chi connectivity index (χ2n) is 6.70. The number of aryl methyl sites for hydroxylation is 1. The van der Waals surface area contributed by atoms with Gasteiger partial charge >= 0.3 is 0 Å². The standard InChI is InChI=1S/C19H22N6O4/c1-27-12-5-6-13(15(10-12)28-2)14-4-3-9-25(14)17(26)8-7-16-22-19(24-29-16)18-20-11-21-23-18/h5-6,10-11,14H,3-4,7-9H2,1-2H3,(H,20,21,23). The minimum atomic E-state index is -0.0178. The smallest absolute Gasteiger partial charge is 0.239 e. The van der Waals surface area contributed by atoms with Crippen LogP contribution >= 0.6 is 0 Å². The Kier molecular flexibility index (Phi) is 5.41. The zero-order valence-electron chi connectivity index (χ0n) is 16.3. The van der Waals surface area contributed by atoms with Gasteiger partial charge in [0.1, 0.15) is 17.8 Å². The van der Waals surface area contributed by atoms with Gasteiger partial charge in [-0.1, -0.05) is 5.16 Å².